The van der Waals surface area contributed by atoms with Gasteiger partial charge < -0.3 is 24.8 Å². The minimum atomic E-state index is -0.814. The molecule has 0 aliphatic rings. The average Bonchev–Trinajstić information content (AvgIpc) is 2.46. The number of amides is 2. The van der Waals surface area contributed by atoms with E-state index in [1.54, 1.807) is 33.8 Å². The van der Waals surface area contributed by atoms with E-state index in [-0.39, 0.29) is 0 Å². The lowest BCUT2D eigenvalue weighted by molar-refractivity contribution is -0.117. The lowest BCUT2D eigenvalue weighted by Gasteiger charge is -2.22. The molecule has 7 nitrogen and oxygen atoms in total. The van der Waals surface area contributed by atoms with Gasteiger partial charge in [0, 0.05) is 12.1 Å². The van der Waals surface area contributed by atoms with E-state index in [1.807, 2.05) is 0 Å². The molecular weight excluding hydrogens is 336 g/mol. The van der Waals surface area contributed by atoms with Crippen molar-refractivity contribution in [1.82, 2.24) is 5.32 Å². The van der Waals surface area contributed by atoms with Gasteiger partial charge in [0.1, 0.15) is 23.1 Å². The smallest absolute Gasteiger partial charge is 0.408 e. The second kappa shape index (κ2) is 8.10. The van der Waals surface area contributed by atoms with Crippen LogP contribution < -0.4 is 20.1 Å². The Morgan fingerprint density at radius 1 is 1.12 bits per heavy atom. The van der Waals surface area contributed by atoms with Crippen molar-refractivity contribution in [1.29, 1.82) is 0 Å². The van der Waals surface area contributed by atoms with Crippen molar-refractivity contribution in [2.24, 2.45) is 0 Å². The highest BCUT2D eigenvalue weighted by Gasteiger charge is 2.22. The maximum Gasteiger partial charge on any atom is 0.408 e. The molecule has 1 aromatic rings. The normalized spacial score (nSPS) is 12.1. The fourth-order valence-corrected chi connectivity index (χ4v) is 1.98. The quantitative estimate of drug-likeness (QED) is 0.844. The summed E-state index contributed by atoms with van der Waals surface area (Å²) in [6, 6.07) is 2.26. The van der Waals surface area contributed by atoms with Gasteiger partial charge in [0.15, 0.2) is 0 Å². The number of alkyl carbamates (subject to hydrolysis) is 1. The Labute approximate surface area is 146 Å². The molecule has 24 heavy (non-hydrogen) atoms. The third-order valence-electron chi connectivity index (χ3n) is 2.86. The van der Waals surface area contributed by atoms with Gasteiger partial charge in [0.05, 0.1) is 24.9 Å². The minimum absolute atomic E-state index is 0.354. The van der Waals surface area contributed by atoms with Gasteiger partial charge in [-0.3, -0.25) is 4.79 Å². The second-order valence-electron chi connectivity index (χ2n) is 6.04. The molecule has 2 amide bonds. The first-order chi connectivity index (χ1) is 11.1. The molecule has 8 heteroatoms. The van der Waals surface area contributed by atoms with E-state index in [4.69, 9.17) is 25.8 Å². The van der Waals surface area contributed by atoms with Gasteiger partial charge in [-0.1, -0.05) is 11.6 Å². The number of halogens is 1. The standard InChI is InChI=1S/C16H23ClN2O5/c1-9(18-15(21)24-16(2,3)4)14(20)19-11-8-12(22-5)10(17)7-13(11)23-6/h7-9H,1-6H3,(H,18,21)(H,19,20). The van der Waals surface area contributed by atoms with Crippen LogP contribution in [0.4, 0.5) is 10.5 Å². The lowest BCUT2D eigenvalue weighted by Crippen LogP contribution is -2.44. The first-order valence-electron chi connectivity index (χ1n) is 7.29. The van der Waals surface area contributed by atoms with Crippen molar-refractivity contribution in [3.63, 3.8) is 0 Å². The van der Waals surface area contributed by atoms with Crippen LogP contribution in [0.3, 0.4) is 0 Å². The molecule has 0 radical (unpaired) electrons. The molecule has 134 valence electrons. The molecule has 0 fully saturated rings. The van der Waals surface area contributed by atoms with E-state index in [2.05, 4.69) is 10.6 Å². The molecule has 1 atom stereocenters. The molecule has 0 saturated heterocycles. The van der Waals surface area contributed by atoms with Crippen LogP contribution in [0.1, 0.15) is 27.7 Å². The highest BCUT2D eigenvalue weighted by Crippen LogP contribution is 2.35. The molecule has 0 heterocycles. The summed E-state index contributed by atoms with van der Waals surface area (Å²) in [5.41, 5.74) is -0.269. The number of carbonyl (C=O) groups excluding carboxylic acids is 2. The van der Waals surface area contributed by atoms with Crippen molar-refractivity contribution in [3.8, 4) is 11.5 Å². The molecule has 2 N–H and O–H groups in total. The van der Waals surface area contributed by atoms with Crippen LogP contribution in [-0.2, 0) is 9.53 Å². The summed E-state index contributed by atoms with van der Waals surface area (Å²) in [5, 5.41) is 5.48. The number of hydrogen-bond acceptors (Lipinski definition) is 5. The molecule has 1 unspecified atom stereocenters. The fourth-order valence-electron chi connectivity index (χ4n) is 1.75. The van der Waals surface area contributed by atoms with Crippen LogP contribution in [0.25, 0.3) is 0 Å². The average molecular weight is 359 g/mol. The Balaban J connectivity index is 2.81. The topological polar surface area (TPSA) is 85.9 Å². The van der Waals surface area contributed by atoms with Crippen LogP contribution in [0, 0.1) is 0 Å². The van der Waals surface area contributed by atoms with Gasteiger partial charge in [-0.25, -0.2) is 4.79 Å². The van der Waals surface area contributed by atoms with Crippen LogP contribution >= 0.6 is 11.6 Å². The van der Waals surface area contributed by atoms with Crippen LogP contribution in [-0.4, -0.2) is 37.9 Å². The zero-order valence-electron chi connectivity index (χ0n) is 14.7. The summed E-state index contributed by atoms with van der Waals surface area (Å²) < 4.78 is 15.4. The van der Waals surface area contributed by atoms with Crippen LogP contribution in [0.15, 0.2) is 12.1 Å². The highest BCUT2D eigenvalue weighted by atomic mass is 35.5. The molecule has 1 rings (SSSR count). The first kappa shape index (κ1) is 19.9. The van der Waals surface area contributed by atoms with Gasteiger partial charge in [-0.2, -0.15) is 0 Å². The summed E-state index contributed by atoms with van der Waals surface area (Å²) in [4.78, 5) is 24.0. The highest BCUT2D eigenvalue weighted by molar-refractivity contribution is 6.32. The van der Waals surface area contributed by atoms with Gasteiger partial charge >= 0.3 is 6.09 Å². The molecule has 0 spiro atoms. The summed E-state index contributed by atoms with van der Waals surface area (Å²) in [6.45, 7) is 6.76. The maximum absolute atomic E-state index is 12.3. The van der Waals surface area contributed by atoms with E-state index >= 15 is 0 Å². The van der Waals surface area contributed by atoms with Crippen LogP contribution in [0.5, 0.6) is 11.5 Å². The molecule has 0 aliphatic heterocycles. The van der Waals surface area contributed by atoms with E-state index < -0.39 is 23.6 Å². The lowest BCUT2D eigenvalue weighted by atomic mass is 10.2. The van der Waals surface area contributed by atoms with Gasteiger partial charge in [0.2, 0.25) is 5.91 Å². The van der Waals surface area contributed by atoms with Crippen LogP contribution in [0.2, 0.25) is 5.02 Å². The molecule has 0 saturated carbocycles. The largest absolute Gasteiger partial charge is 0.495 e. The Morgan fingerprint density at radius 3 is 2.21 bits per heavy atom. The number of benzene rings is 1. The monoisotopic (exact) mass is 358 g/mol. The Kier molecular flexibility index (Phi) is 6.71. The number of anilines is 1. The summed E-state index contributed by atoms with van der Waals surface area (Å²) in [7, 11) is 2.92. The second-order valence-corrected chi connectivity index (χ2v) is 6.45. The van der Waals surface area contributed by atoms with Crippen molar-refractivity contribution in [3.05, 3.63) is 17.2 Å². The van der Waals surface area contributed by atoms with E-state index in [0.29, 0.717) is 22.2 Å². The van der Waals surface area contributed by atoms with Crippen molar-refractivity contribution in [2.45, 2.75) is 39.3 Å². The molecule has 0 aliphatic carbocycles. The predicted octanol–water partition coefficient (Wildman–Crippen LogP) is 3.21. The SMILES string of the molecule is COc1cc(NC(=O)C(C)NC(=O)OC(C)(C)C)c(OC)cc1Cl. The number of nitrogens with one attached hydrogen (secondary N) is 2. The predicted molar refractivity (Wildman–Crippen MR) is 92.0 cm³/mol. The summed E-state index contributed by atoms with van der Waals surface area (Å²) in [6.07, 6.45) is -0.675. The van der Waals surface area contributed by atoms with E-state index in [1.165, 1.54) is 20.3 Å². The number of methoxy groups -OCH3 is 2. The zero-order valence-corrected chi connectivity index (χ0v) is 15.4. The van der Waals surface area contributed by atoms with Crippen molar-refractivity contribution >= 4 is 29.3 Å². The fraction of sp³-hybridized carbons (Fsp3) is 0.500. The zero-order chi connectivity index (χ0) is 18.5. The molecule has 0 aromatic heterocycles. The van der Waals surface area contributed by atoms with E-state index in [9.17, 15) is 9.59 Å². The number of carbonyl (C=O) groups is 2. The Morgan fingerprint density at radius 2 is 1.71 bits per heavy atom. The van der Waals surface area contributed by atoms with E-state index in [0.717, 1.165) is 0 Å². The molecular formula is C16H23ClN2O5. The number of ether oxygens (including phenoxy) is 3. The third kappa shape index (κ3) is 5.81. The summed E-state index contributed by atoms with van der Waals surface area (Å²) in [5.74, 6) is 0.322. The summed E-state index contributed by atoms with van der Waals surface area (Å²) >= 11 is 6.02. The van der Waals surface area contributed by atoms with Gasteiger partial charge in [-0.15, -0.1) is 0 Å². The minimum Gasteiger partial charge on any atom is -0.495 e. The van der Waals surface area contributed by atoms with Crippen molar-refractivity contribution in [2.75, 3.05) is 19.5 Å². The van der Waals surface area contributed by atoms with Crippen molar-refractivity contribution < 1.29 is 23.8 Å². The van der Waals surface area contributed by atoms with Gasteiger partial charge in [-0.05, 0) is 27.7 Å². The maximum atomic E-state index is 12.3. The third-order valence-corrected chi connectivity index (χ3v) is 3.15. The first-order valence-corrected chi connectivity index (χ1v) is 7.67. The Bertz CT molecular complexity index is 613. The molecule has 1 aromatic carbocycles. The molecule has 0 bridgehead atoms. The Hall–Kier alpha value is -2.15. The number of hydrogen-bond donors (Lipinski definition) is 2. The number of rotatable bonds is 5. The van der Waals surface area contributed by atoms with Gasteiger partial charge in [0.25, 0.3) is 0 Å².